The molecule has 0 N–H and O–H groups in total. The van der Waals surface area contributed by atoms with Crippen LogP contribution < -0.4 is 4.90 Å². The minimum absolute atomic E-state index is 0.0633. The van der Waals surface area contributed by atoms with Gasteiger partial charge in [0.2, 0.25) is 0 Å². The summed E-state index contributed by atoms with van der Waals surface area (Å²) < 4.78 is 0. The molecule has 0 unspecified atom stereocenters. The zero-order chi connectivity index (χ0) is 19.8. The van der Waals surface area contributed by atoms with Crippen LogP contribution in [0.2, 0.25) is 0 Å². The molecule has 0 spiro atoms. The summed E-state index contributed by atoms with van der Waals surface area (Å²) in [5, 5.41) is 0. The third-order valence-corrected chi connectivity index (χ3v) is 4.76. The van der Waals surface area contributed by atoms with Crippen LogP contribution in [0.1, 0.15) is 28.5 Å². The summed E-state index contributed by atoms with van der Waals surface area (Å²) in [6.45, 7) is 4.40. The van der Waals surface area contributed by atoms with Gasteiger partial charge in [0.05, 0.1) is 0 Å². The van der Waals surface area contributed by atoms with E-state index in [-0.39, 0.29) is 5.91 Å². The van der Waals surface area contributed by atoms with Gasteiger partial charge in [-0.3, -0.25) is 14.8 Å². The third-order valence-electron chi connectivity index (χ3n) is 4.76. The van der Waals surface area contributed by atoms with E-state index in [4.69, 9.17) is 0 Å². The number of amides is 1. The molecule has 0 saturated heterocycles. The molecule has 0 bridgehead atoms. The quantitative estimate of drug-likeness (QED) is 0.601. The molecule has 0 atom stereocenters. The summed E-state index contributed by atoms with van der Waals surface area (Å²) in [5.74, 6) is -0.0633. The molecule has 0 fully saturated rings. The zero-order valence-electron chi connectivity index (χ0n) is 16.5. The maximum absolute atomic E-state index is 12.8. The fraction of sp³-hybridized carbons (Fsp3) is 0.261. The number of aromatic nitrogens is 2. The molecule has 1 aromatic carbocycles. The van der Waals surface area contributed by atoms with Gasteiger partial charge in [-0.2, -0.15) is 0 Å². The average molecular weight is 374 g/mol. The summed E-state index contributed by atoms with van der Waals surface area (Å²) in [7, 11) is 1.82. The van der Waals surface area contributed by atoms with E-state index in [0.717, 1.165) is 30.8 Å². The van der Waals surface area contributed by atoms with Crippen LogP contribution in [0.15, 0.2) is 73.2 Å². The van der Waals surface area contributed by atoms with Crippen molar-refractivity contribution >= 4 is 11.6 Å². The molecule has 0 radical (unpaired) electrons. The highest BCUT2D eigenvalue weighted by atomic mass is 16.2. The molecule has 2 heterocycles. The Morgan fingerprint density at radius 3 is 2.43 bits per heavy atom. The SMILES string of the molecule is CCN(Cc1ccccc1)c1ccnc(C(=O)N(C)CCc2ccncc2)c1. The van der Waals surface area contributed by atoms with Crippen molar-refractivity contribution in [3.63, 3.8) is 0 Å². The number of anilines is 1. The Morgan fingerprint density at radius 1 is 0.964 bits per heavy atom. The molecule has 28 heavy (non-hydrogen) atoms. The number of benzene rings is 1. The second-order valence-corrected chi connectivity index (χ2v) is 6.73. The van der Waals surface area contributed by atoms with Gasteiger partial charge in [0.1, 0.15) is 5.69 Å². The lowest BCUT2D eigenvalue weighted by Gasteiger charge is -2.24. The molecule has 0 aliphatic heterocycles. The number of hydrogen-bond acceptors (Lipinski definition) is 4. The van der Waals surface area contributed by atoms with E-state index in [1.165, 1.54) is 5.56 Å². The van der Waals surface area contributed by atoms with Gasteiger partial charge in [-0.1, -0.05) is 30.3 Å². The van der Waals surface area contributed by atoms with Gasteiger partial charge in [0, 0.05) is 51.0 Å². The van der Waals surface area contributed by atoms with E-state index in [9.17, 15) is 4.79 Å². The average Bonchev–Trinajstić information content (AvgIpc) is 2.76. The monoisotopic (exact) mass is 374 g/mol. The van der Waals surface area contributed by atoms with Crippen LogP contribution in [0.3, 0.4) is 0 Å². The number of carbonyl (C=O) groups is 1. The van der Waals surface area contributed by atoms with Crippen LogP contribution in [-0.4, -0.2) is 40.9 Å². The Bertz CT molecular complexity index is 883. The van der Waals surface area contributed by atoms with Crippen LogP contribution in [0.4, 0.5) is 5.69 Å². The third kappa shape index (κ3) is 5.16. The van der Waals surface area contributed by atoms with E-state index in [0.29, 0.717) is 12.2 Å². The summed E-state index contributed by atoms with van der Waals surface area (Å²) in [4.78, 5) is 25.1. The Kier molecular flexibility index (Phi) is 6.73. The molecule has 5 heteroatoms. The van der Waals surface area contributed by atoms with Crippen LogP contribution >= 0.6 is 0 Å². The first-order chi connectivity index (χ1) is 13.7. The fourth-order valence-corrected chi connectivity index (χ4v) is 3.07. The van der Waals surface area contributed by atoms with Crippen LogP contribution in [0.25, 0.3) is 0 Å². The molecular weight excluding hydrogens is 348 g/mol. The lowest BCUT2D eigenvalue weighted by Crippen LogP contribution is -2.30. The highest BCUT2D eigenvalue weighted by Crippen LogP contribution is 2.18. The van der Waals surface area contributed by atoms with Crippen LogP contribution in [-0.2, 0) is 13.0 Å². The van der Waals surface area contributed by atoms with Gasteiger partial charge in [0.25, 0.3) is 5.91 Å². The second kappa shape index (κ2) is 9.65. The molecule has 0 aliphatic carbocycles. The Balaban J connectivity index is 1.67. The van der Waals surface area contributed by atoms with Crippen molar-refractivity contribution in [3.05, 3.63) is 90.0 Å². The van der Waals surface area contributed by atoms with Gasteiger partial charge in [-0.25, -0.2) is 0 Å². The van der Waals surface area contributed by atoms with E-state index in [1.807, 2.05) is 49.5 Å². The largest absolute Gasteiger partial charge is 0.367 e. The normalized spacial score (nSPS) is 10.5. The predicted molar refractivity (Wildman–Crippen MR) is 112 cm³/mol. The Morgan fingerprint density at radius 2 is 1.71 bits per heavy atom. The van der Waals surface area contributed by atoms with E-state index < -0.39 is 0 Å². The molecule has 2 aromatic heterocycles. The van der Waals surface area contributed by atoms with Gasteiger partial charge in [0.15, 0.2) is 0 Å². The van der Waals surface area contributed by atoms with Crippen molar-refractivity contribution in [2.24, 2.45) is 0 Å². The van der Waals surface area contributed by atoms with Crippen molar-refractivity contribution in [2.45, 2.75) is 19.9 Å². The first kappa shape index (κ1) is 19.5. The highest BCUT2D eigenvalue weighted by Gasteiger charge is 2.15. The summed E-state index contributed by atoms with van der Waals surface area (Å²) >= 11 is 0. The maximum Gasteiger partial charge on any atom is 0.272 e. The smallest absolute Gasteiger partial charge is 0.272 e. The van der Waals surface area contributed by atoms with Crippen LogP contribution in [0.5, 0.6) is 0 Å². The van der Waals surface area contributed by atoms with Crippen molar-refractivity contribution < 1.29 is 4.79 Å². The highest BCUT2D eigenvalue weighted by molar-refractivity contribution is 5.93. The molecule has 5 nitrogen and oxygen atoms in total. The van der Waals surface area contributed by atoms with Gasteiger partial charge in [-0.05, 0) is 48.7 Å². The van der Waals surface area contributed by atoms with Crippen molar-refractivity contribution in [2.75, 3.05) is 25.0 Å². The number of nitrogens with zero attached hydrogens (tertiary/aromatic N) is 4. The molecular formula is C23H26N4O. The zero-order valence-corrected chi connectivity index (χ0v) is 16.5. The molecule has 144 valence electrons. The lowest BCUT2D eigenvalue weighted by molar-refractivity contribution is 0.0791. The Hall–Kier alpha value is -3.21. The number of likely N-dealkylation sites (N-methyl/N-ethyl adjacent to an activating group) is 1. The number of pyridine rings is 2. The molecule has 0 aliphatic rings. The van der Waals surface area contributed by atoms with E-state index >= 15 is 0 Å². The van der Waals surface area contributed by atoms with Crippen molar-refractivity contribution in [3.8, 4) is 0 Å². The molecule has 3 aromatic rings. The summed E-state index contributed by atoms with van der Waals surface area (Å²) in [6, 6.07) is 18.1. The minimum atomic E-state index is -0.0633. The van der Waals surface area contributed by atoms with Crippen molar-refractivity contribution in [1.29, 1.82) is 0 Å². The van der Waals surface area contributed by atoms with E-state index in [1.54, 1.807) is 23.5 Å². The molecule has 3 rings (SSSR count). The predicted octanol–water partition coefficient (Wildman–Crippen LogP) is 3.82. The lowest BCUT2D eigenvalue weighted by atomic mass is 10.2. The number of hydrogen-bond donors (Lipinski definition) is 0. The standard InChI is InChI=1S/C23H26N4O/c1-3-27(18-20-7-5-4-6-8-20)21-11-15-25-22(17-21)23(28)26(2)16-12-19-9-13-24-14-10-19/h4-11,13-15,17H,3,12,16,18H2,1-2H3. The van der Waals surface area contributed by atoms with Crippen LogP contribution in [0, 0.1) is 0 Å². The first-order valence-electron chi connectivity index (χ1n) is 9.56. The minimum Gasteiger partial charge on any atom is -0.367 e. The Labute approximate surface area is 166 Å². The molecule has 0 saturated carbocycles. The number of rotatable bonds is 8. The van der Waals surface area contributed by atoms with Crippen molar-refractivity contribution in [1.82, 2.24) is 14.9 Å². The number of carbonyl (C=O) groups excluding carboxylic acids is 1. The topological polar surface area (TPSA) is 49.3 Å². The second-order valence-electron chi connectivity index (χ2n) is 6.73. The first-order valence-corrected chi connectivity index (χ1v) is 9.56. The van der Waals surface area contributed by atoms with Gasteiger partial charge < -0.3 is 9.80 Å². The summed E-state index contributed by atoms with van der Waals surface area (Å²) in [5.41, 5.74) is 3.88. The van der Waals surface area contributed by atoms with Gasteiger partial charge >= 0.3 is 0 Å². The maximum atomic E-state index is 12.8. The van der Waals surface area contributed by atoms with E-state index in [2.05, 4.69) is 33.9 Å². The summed E-state index contributed by atoms with van der Waals surface area (Å²) in [6.07, 6.45) is 6.05. The fourth-order valence-electron chi connectivity index (χ4n) is 3.07. The molecule has 1 amide bonds. The van der Waals surface area contributed by atoms with Gasteiger partial charge in [-0.15, -0.1) is 0 Å².